The molecule has 1 fully saturated rings. The Morgan fingerprint density at radius 1 is 1.16 bits per heavy atom. The van der Waals surface area contributed by atoms with Gasteiger partial charge in [0.1, 0.15) is 11.5 Å². The van der Waals surface area contributed by atoms with Crippen molar-refractivity contribution in [3.63, 3.8) is 0 Å². The first-order chi connectivity index (χ1) is 11.5. The highest BCUT2D eigenvalue weighted by molar-refractivity contribution is 5.88. The highest BCUT2D eigenvalue weighted by atomic mass is 16.5. The number of cyclic esters (lactones) is 1. The van der Waals surface area contributed by atoms with Crippen molar-refractivity contribution in [1.82, 2.24) is 0 Å². The van der Waals surface area contributed by atoms with Crippen LogP contribution in [0.3, 0.4) is 0 Å². The number of phenols is 2. The quantitative estimate of drug-likeness (QED) is 0.559. The maximum Gasteiger partial charge on any atom is 0.317 e. The van der Waals surface area contributed by atoms with Gasteiger partial charge in [-0.25, -0.2) is 0 Å². The van der Waals surface area contributed by atoms with Crippen molar-refractivity contribution >= 4 is 5.97 Å². The highest BCUT2D eigenvalue weighted by Crippen LogP contribution is 2.60. The summed E-state index contributed by atoms with van der Waals surface area (Å²) in [4.78, 5) is 13.1. The number of carbonyl (C=O) groups excluding carboxylic acids is 1. The van der Waals surface area contributed by atoms with E-state index in [2.05, 4.69) is 20.8 Å². The van der Waals surface area contributed by atoms with Crippen molar-refractivity contribution in [3.8, 4) is 11.5 Å². The molecule has 4 nitrogen and oxygen atoms in total. The first kappa shape index (κ1) is 18.1. The zero-order valence-corrected chi connectivity index (χ0v) is 16.1. The Hall–Kier alpha value is -1.71. The number of hydrogen-bond acceptors (Lipinski definition) is 4. The van der Waals surface area contributed by atoms with Crippen molar-refractivity contribution in [1.29, 1.82) is 0 Å². The standard InChI is InChI=1S/C21H30O4/c1-11(2)14-10-15-12(3)25-19(24)21(16(15)18(23)17(14)22)9-7-8-20(5,6)13(21)4/h10-13,22-23H,7-9H2,1-6H3/t12-,13?,21-/m1/s1. The fourth-order valence-electron chi connectivity index (χ4n) is 4.90. The van der Waals surface area contributed by atoms with Gasteiger partial charge in [0.2, 0.25) is 0 Å². The number of fused-ring (bicyclic) bond motifs is 2. The lowest BCUT2D eigenvalue weighted by Gasteiger charge is -2.52. The van der Waals surface area contributed by atoms with E-state index in [1.807, 2.05) is 26.8 Å². The third-order valence-corrected chi connectivity index (χ3v) is 6.79. The molecule has 0 bridgehead atoms. The van der Waals surface area contributed by atoms with E-state index in [-0.39, 0.29) is 34.7 Å². The minimum Gasteiger partial charge on any atom is -0.504 e. The van der Waals surface area contributed by atoms with Crippen LogP contribution in [0.1, 0.15) is 89.5 Å². The number of esters is 1. The number of hydrogen-bond donors (Lipinski definition) is 2. The average Bonchev–Trinajstić information content (AvgIpc) is 2.51. The fourth-order valence-corrected chi connectivity index (χ4v) is 4.90. The van der Waals surface area contributed by atoms with Crippen LogP contribution in [0.2, 0.25) is 0 Å². The van der Waals surface area contributed by atoms with Crippen LogP contribution in [0.25, 0.3) is 0 Å². The average molecular weight is 346 g/mol. The molecule has 0 amide bonds. The topological polar surface area (TPSA) is 66.8 Å². The number of phenolic OH excluding ortho intramolecular Hbond substituents is 2. The molecule has 1 aliphatic heterocycles. The largest absolute Gasteiger partial charge is 0.504 e. The van der Waals surface area contributed by atoms with Gasteiger partial charge in [-0.15, -0.1) is 0 Å². The Bertz CT molecular complexity index is 719. The van der Waals surface area contributed by atoms with Crippen LogP contribution < -0.4 is 0 Å². The van der Waals surface area contributed by atoms with Gasteiger partial charge >= 0.3 is 5.97 Å². The van der Waals surface area contributed by atoms with E-state index in [9.17, 15) is 15.0 Å². The van der Waals surface area contributed by atoms with Gasteiger partial charge in [0, 0.05) is 16.7 Å². The lowest BCUT2D eigenvalue weighted by Crippen LogP contribution is -2.54. The van der Waals surface area contributed by atoms with Crippen molar-refractivity contribution in [2.75, 3.05) is 0 Å². The number of carbonyl (C=O) groups is 1. The summed E-state index contributed by atoms with van der Waals surface area (Å²) in [5.74, 6) is -0.417. The number of benzene rings is 1. The molecule has 1 heterocycles. The molecule has 1 unspecified atom stereocenters. The van der Waals surface area contributed by atoms with Crippen LogP contribution in [0.4, 0.5) is 0 Å². The van der Waals surface area contributed by atoms with Crippen molar-refractivity contribution < 1.29 is 19.7 Å². The summed E-state index contributed by atoms with van der Waals surface area (Å²) in [6, 6.07) is 1.92. The van der Waals surface area contributed by atoms with Gasteiger partial charge in [-0.05, 0) is 43.1 Å². The minimum atomic E-state index is -0.888. The van der Waals surface area contributed by atoms with Gasteiger partial charge in [0.25, 0.3) is 0 Å². The first-order valence-electron chi connectivity index (χ1n) is 9.34. The molecule has 3 rings (SSSR count). The lowest BCUT2D eigenvalue weighted by molar-refractivity contribution is -0.166. The van der Waals surface area contributed by atoms with E-state index in [1.165, 1.54) is 0 Å². The molecule has 4 heteroatoms. The SMILES string of the molecule is CC(C)c1cc2c(c(O)c1O)[C@]1(CCCC(C)(C)C1C)C(=O)O[C@@H]2C. The Labute approximate surface area is 150 Å². The normalized spacial score (nSPS) is 31.1. The van der Waals surface area contributed by atoms with E-state index >= 15 is 0 Å². The summed E-state index contributed by atoms with van der Waals surface area (Å²) in [6.45, 7) is 12.2. The summed E-state index contributed by atoms with van der Waals surface area (Å²) in [7, 11) is 0. The van der Waals surface area contributed by atoms with E-state index in [1.54, 1.807) is 0 Å². The highest BCUT2D eigenvalue weighted by Gasteiger charge is 2.58. The van der Waals surface area contributed by atoms with Crippen LogP contribution in [0, 0.1) is 11.3 Å². The van der Waals surface area contributed by atoms with Crippen LogP contribution in [0.15, 0.2) is 6.07 Å². The van der Waals surface area contributed by atoms with E-state index in [0.717, 1.165) is 18.4 Å². The molecular formula is C21H30O4. The Kier molecular flexibility index (Phi) is 4.09. The molecule has 0 aromatic heterocycles. The van der Waals surface area contributed by atoms with Crippen molar-refractivity contribution in [2.24, 2.45) is 11.3 Å². The summed E-state index contributed by atoms with van der Waals surface area (Å²) < 4.78 is 5.77. The Morgan fingerprint density at radius 3 is 2.40 bits per heavy atom. The molecule has 2 N–H and O–H groups in total. The second-order valence-corrected chi connectivity index (χ2v) is 8.86. The zero-order chi connectivity index (χ0) is 18.7. The molecule has 1 aromatic rings. The number of rotatable bonds is 1. The fraction of sp³-hybridized carbons (Fsp3) is 0.667. The summed E-state index contributed by atoms with van der Waals surface area (Å²) >= 11 is 0. The predicted molar refractivity (Wildman–Crippen MR) is 96.8 cm³/mol. The van der Waals surface area contributed by atoms with Crippen LogP contribution in [0.5, 0.6) is 11.5 Å². The first-order valence-corrected chi connectivity index (χ1v) is 9.34. The van der Waals surface area contributed by atoms with Crippen LogP contribution in [-0.2, 0) is 14.9 Å². The molecule has 1 spiro atoms. The second kappa shape index (κ2) is 5.65. The van der Waals surface area contributed by atoms with Crippen LogP contribution in [-0.4, -0.2) is 16.2 Å². The van der Waals surface area contributed by atoms with Gasteiger partial charge in [-0.2, -0.15) is 0 Å². The maximum atomic E-state index is 13.1. The molecule has 3 atom stereocenters. The predicted octanol–water partition coefficient (Wildman–Crippen LogP) is 4.92. The Morgan fingerprint density at radius 2 is 1.80 bits per heavy atom. The van der Waals surface area contributed by atoms with Gasteiger partial charge in [-0.1, -0.05) is 41.0 Å². The third-order valence-electron chi connectivity index (χ3n) is 6.79. The second-order valence-electron chi connectivity index (χ2n) is 8.86. The number of aromatic hydroxyl groups is 2. The molecule has 1 saturated carbocycles. The minimum absolute atomic E-state index is 0.00250. The summed E-state index contributed by atoms with van der Waals surface area (Å²) in [5, 5.41) is 21.6. The monoisotopic (exact) mass is 346 g/mol. The lowest BCUT2D eigenvalue weighted by atomic mass is 9.52. The maximum absolute atomic E-state index is 13.1. The van der Waals surface area contributed by atoms with Gasteiger partial charge in [-0.3, -0.25) is 4.79 Å². The molecule has 138 valence electrons. The van der Waals surface area contributed by atoms with E-state index < -0.39 is 11.5 Å². The van der Waals surface area contributed by atoms with E-state index in [0.29, 0.717) is 17.5 Å². The zero-order valence-electron chi connectivity index (χ0n) is 16.1. The molecular weight excluding hydrogens is 316 g/mol. The van der Waals surface area contributed by atoms with Gasteiger partial charge < -0.3 is 14.9 Å². The molecule has 1 aliphatic carbocycles. The molecule has 0 saturated heterocycles. The summed E-state index contributed by atoms with van der Waals surface area (Å²) in [5.41, 5.74) is 1.19. The number of ether oxygens (including phenoxy) is 1. The Balaban J connectivity index is 2.34. The molecule has 25 heavy (non-hydrogen) atoms. The van der Waals surface area contributed by atoms with Gasteiger partial charge in [0.05, 0.1) is 0 Å². The van der Waals surface area contributed by atoms with E-state index in [4.69, 9.17) is 4.74 Å². The van der Waals surface area contributed by atoms with Gasteiger partial charge in [0.15, 0.2) is 11.5 Å². The molecule has 1 aromatic carbocycles. The molecule has 2 aliphatic rings. The smallest absolute Gasteiger partial charge is 0.317 e. The van der Waals surface area contributed by atoms with Crippen molar-refractivity contribution in [2.45, 2.75) is 78.2 Å². The third kappa shape index (κ3) is 2.37. The summed E-state index contributed by atoms with van der Waals surface area (Å²) in [6.07, 6.45) is 2.15. The van der Waals surface area contributed by atoms with Crippen LogP contribution >= 0.6 is 0 Å². The van der Waals surface area contributed by atoms with Crippen molar-refractivity contribution in [3.05, 3.63) is 22.8 Å². The molecule has 0 radical (unpaired) electrons.